The summed E-state index contributed by atoms with van der Waals surface area (Å²) in [6.07, 6.45) is 2.21. The number of carbonyl (C=O) groups excluding carboxylic acids is 1. The molecule has 0 aromatic rings. The van der Waals surface area contributed by atoms with Crippen LogP contribution in [0.15, 0.2) is 0 Å². The summed E-state index contributed by atoms with van der Waals surface area (Å²) in [7, 11) is 0. The molecule has 0 atom stereocenters. The highest BCUT2D eigenvalue weighted by Crippen LogP contribution is 2.50. The molecule has 1 aliphatic heterocycles. The smallest absolute Gasteiger partial charge is 0.410 e. The van der Waals surface area contributed by atoms with Crippen LogP contribution in [0.3, 0.4) is 0 Å². The fraction of sp³-hybridized carbons (Fsp3) is 0.867. The van der Waals surface area contributed by atoms with Gasteiger partial charge in [0.25, 0.3) is 0 Å². The van der Waals surface area contributed by atoms with E-state index in [4.69, 9.17) is 10.5 Å². The quantitative estimate of drug-likeness (QED) is 0.811. The van der Waals surface area contributed by atoms with Gasteiger partial charge in [-0.25, -0.2) is 4.79 Å². The Bertz CT molecular complexity index is 416. The molecule has 6 heteroatoms. The molecule has 1 amide bonds. The standard InChI is InChI=1S/C15H26N2O4/c1-14(2,3)21-13(20)17-6-4-10(5-7-17)15(12(18)19)8-11(16)9-15/h10-11H,4-9,16H2,1-3H3,(H,18,19). The first-order valence-corrected chi connectivity index (χ1v) is 7.61. The Morgan fingerprint density at radius 2 is 1.76 bits per heavy atom. The molecule has 0 aromatic heterocycles. The molecule has 1 aliphatic carbocycles. The summed E-state index contributed by atoms with van der Waals surface area (Å²) in [5, 5.41) is 9.52. The third kappa shape index (κ3) is 3.31. The number of likely N-dealkylation sites (tertiary alicyclic amines) is 1. The van der Waals surface area contributed by atoms with Crippen LogP contribution in [-0.2, 0) is 9.53 Å². The Morgan fingerprint density at radius 3 is 2.14 bits per heavy atom. The highest BCUT2D eigenvalue weighted by Gasteiger charge is 2.54. The van der Waals surface area contributed by atoms with Crippen molar-refractivity contribution in [1.29, 1.82) is 0 Å². The largest absolute Gasteiger partial charge is 0.481 e. The molecule has 2 fully saturated rings. The topological polar surface area (TPSA) is 92.9 Å². The van der Waals surface area contributed by atoms with Crippen molar-refractivity contribution in [2.75, 3.05) is 13.1 Å². The minimum Gasteiger partial charge on any atom is -0.481 e. The van der Waals surface area contributed by atoms with Crippen molar-refractivity contribution in [1.82, 2.24) is 4.90 Å². The molecule has 1 saturated carbocycles. The predicted octanol–water partition coefficient (Wildman–Crippen LogP) is 1.83. The molecule has 0 unspecified atom stereocenters. The molecule has 6 nitrogen and oxygen atoms in total. The van der Waals surface area contributed by atoms with E-state index in [0.29, 0.717) is 38.8 Å². The third-order valence-corrected chi connectivity index (χ3v) is 4.61. The van der Waals surface area contributed by atoms with Gasteiger partial charge in [0.15, 0.2) is 0 Å². The third-order valence-electron chi connectivity index (χ3n) is 4.61. The van der Waals surface area contributed by atoms with Crippen molar-refractivity contribution in [3.63, 3.8) is 0 Å². The Morgan fingerprint density at radius 1 is 1.24 bits per heavy atom. The van der Waals surface area contributed by atoms with Crippen molar-refractivity contribution < 1.29 is 19.4 Å². The normalized spacial score (nSPS) is 30.7. The van der Waals surface area contributed by atoms with E-state index >= 15 is 0 Å². The predicted molar refractivity (Wildman–Crippen MR) is 77.8 cm³/mol. The first kappa shape index (κ1) is 16.1. The molecule has 0 radical (unpaired) electrons. The van der Waals surface area contributed by atoms with Gasteiger partial charge in [-0.2, -0.15) is 0 Å². The molecule has 1 saturated heterocycles. The number of carboxylic acid groups (broad SMARTS) is 1. The zero-order valence-corrected chi connectivity index (χ0v) is 13.1. The van der Waals surface area contributed by atoms with Crippen LogP contribution < -0.4 is 5.73 Å². The van der Waals surface area contributed by atoms with E-state index in [0.717, 1.165) is 0 Å². The van der Waals surface area contributed by atoms with Crippen LogP contribution in [0.4, 0.5) is 4.79 Å². The Kier molecular flexibility index (Phi) is 4.19. The van der Waals surface area contributed by atoms with Gasteiger partial charge in [-0.3, -0.25) is 4.79 Å². The van der Waals surface area contributed by atoms with Crippen LogP contribution in [0.25, 0.3) is 0 Å². The highest BCUT2D eigenvalue weighted by atomic mass is 16.6. The average molecular weight is 298 g/mol. The number of amides is 1. The summed E-state index contributed by atoms with van der Waals surface area (Å²) in [5.74, 6) is -0.631. The Balaban J connectivity index is 1.91. The number of ether oxygens (including phenoxy) is 1. The van der Waals surface area contributed by atoms with Crippen LogP contribution in [-0.4, -0.2) is 46.8 Å². The van der Waals surface area contributed by atoms with Crippen LogP contribution in [0.2, 0.25) is 0 Å². The van der Waals surface area contributed by atoms with Crippen molar-refractivity contribution in [3.05, 3.63) is 0 Å². The van der Waals surface area contributed by atoms with Gasteiger partial charge in [0.05, 0.1) is 5.41 Å². The van der Waals surface area contributed by atoms with Crippen molar-refractivity contribution in [2.24, 2.45) is 17.1 Å². The van der Waals surface area contributed by atoms with Crippen molar-refractivity contribution in [3.8, 4) is 0 Å². The van der Waals surface area contributed by atoms with Crippen LogP contribution in [0.1, 0.15) is 46.5 Å². The number of hydrogen-bond acceptors (Lipinski definition) is 4. The van der Waals surface area contributed by atoms with Gasteiger partial charge in [-0.05, 0) is 52.4 Å². The number of hydrogen-bond donors (Lipinski definition) is 2. The number of aliphatic carboxylic acids is 1. The van der Waals surface area contributed by atoms with Crippen LogP contribution in [0.5, 0.6) is 0 Å². The second-order valence-corrected chi connectivity index (χ2v) is 7.37. The number of nitrogens with two attached hydrogens (primary N) is 1. The molecule has 21 heavy (non-hydrogen) atoms. The summed E-state index contributed by atoms with van der Waals surface area (Å²) in [4.78, 5) is 25.3. The molecule has 0 bridgehead atoms. The average Bonchev–Trinajstić information content (AvgIpc) is 2.32. The number of piperidine rings is 1. The van der Waals surface area contributed by atoms with Gasteiger partial charge in [-0.15, -0.1) is 0 Å². The molecule has 0 spiro atoms. The number of carboxylic acids is 1. The first-order chi connectivity index (χ1) is 9.64. The lowest BCUT2D eigenvalue weighted by Gasteiger charge is -2.50. The molecule has 2 aliphatic rings. The number of nitrogens with zero attached hydrogens (tertiary/aromatic N) is 1. The van der Waals surface area contributed by atoms with Gasteiger partial charge < -0.3 is 20.5 Å². The van der Waals surface area contributed by atoms with E-state index in [-0.39, 0.29) is 18.1 Å². The van der Waals surface area contributed by atoms with Crippen LogP contribution >= 0.6 is 0 Å². The molecular formula is C15H26N2O4. The maximum absolute atomic E-state index is 12.0. The lowest BCUT2D eigenvalue weighted by Crippen LogP contribution is -2.57. The molecule has 0 aromatic carbocycles. The maximum atomic E-state index is 12.0. The Hall–Kier alpha value is -1.30. The number of rotatable bonds is 2. The van der Waals surface area contributed by atoms with E-state index in [2.05, 4.69) is 0 Å². The lowest BCUT2D eigenvalue weighted by atomic mass is 9.56. The summed E-state index contributed by atoms with van der Waals surface area (Å²) in [6.45, 7) is 6.64. The lowest BCUT2D eigenvalue weighted by molar-refractivity contribution is -0.163. The minimum absolute atomic E-state index is 0.00462. The zero-order valence-electron chi connectivity index (χ0n) is 13.1. The minimum atomic E-state index is -0.736. The van der Waals surface area contributed by atoms with E-state index in [1.807, 2.05) is 20.8 Å². The maximum Gasteiger partial charge on any atom is 0.410 e. The summed E-state index contributed by atoms with van der Waals surface area (Å²) in [6, 6.07) is 0.00462. The van der Waals surface area contributed by atoms with Gasteiger partial charge >= 0.3 is 12.1 Å². The van der Waals surface area contributed by atoms with Gasteiger partial charge in [-0.1, -0.05) is 0 Å². The van der Waals surface area contributed by atoms with E-state index < -0.39 is 17.0 Å². The second kappa shape index (κ2) is 5.48. The highest BCUT2D eigenvalue weighted by molar-refractivity contribution is 5.77. The SMILES string of the molecule is CC(C)(C)OC(=O)N1CCC(C2(C(=O)O)CC(N)C2)CC1. The Labute approximate surface area is 125 Å². The summed E-state index contributed by atoms with van der Waals surface area (Å²) in [5.41, 5.74) is 4.63. The molecule has 120 valence electrons. The van der Waals surface area contributed by atoms with Crippen molar-refractivity contribution in [2.45, 2.75) is 58.1 Å². The van der Waals surface area contributed by atoms with Crippen molar-refractivity contribution >= 4 is 12.1 Å². The fourth-order valence-corrected chi connectivity index (χ4v) is 3.50. The number of carbonyl (C=O) groups is 2. The van der Waals surface area contributed by atoms with E-state index in [9.17, 15) is 14.7 Å². The monoisotopic (exact) mass is 298 g/mol. The van der Waals surface area contributed by atoms with E-state index in [1.54, 1.807) is 4.90 Å². The molecule has 3 N–H and O–H groups in total. The van der Waals surface area contributed by atoms with E-state index in [1.165, 1.54) is 0 Å². The molecule has 2 rings (SSSR count). The summed E-state index contributed by atoms with van der Waals surface area (Å²) >= 11 is 0. The fourth-order valence-electron chi connectivity index (χ4n) is 3.50. The summed E-state index contributed by atoms with van der Waals surface area (Å²) < 4.78 is 5.35. The molecule has 1 heterocycles. The van der Waals surface area contributed by atoms with Gasteiger partial charge in [0.1, 0.15) is 5.60 Å². The zero-order chi connectivity index (χ0) is 15.8. The molecular weight excluding hydrogens is 272 g/mol. The van der Waals surface area contributed by atoms with Gasteiger partial charge in [0.2, 0.25) is 0 Å². The van der Waals surface area contributed by atoms with Crippen LogP contribution in [0, 0.1) is 11.3 Å². The first-order valence-electron chi connectivity index (χ1n) is 7.61. The second-order valence-electron chi connectivity index (χ2n) is 7.37. The van der Waals surface area contributed by atoms with Gasteiger partial charge in [0, 0.05) is 19.1 Å².